The van der Waals surface area contributed by atoms with Crippen molar-refractivity contribution in [3.05, 3.63) is 48.2 Å². The number of nitrogens with one attached hydrogen (secondary N) is 2. The molecule has 1 fully saturated rings. The number of hydrogen-bond acceptors (Lipinski definition) is 4. The third-order valence-corrected chi connectivity index (χ3v) is 6.97. The van der Waals surface area contributed by atoms with Gasteiger partial charge in [0.1, 0.15) is 12.3 Å². The highest BCUT2D eigenvalue weighted by atomic mass is 32.2. The van der Waals surface area contributed by atoms with Gasteiger partial charge in [-0.05, 0) is 61.4 Å². The maximum atomic E-state index is 13.4. The molecular formula is C27H30F3N3OS. The van der Waals surface area contributed by atoms with Crippen molar-refractivity contribution in [3.63, 3.8) is 0 Å². The summed E-state index contributed by atoms with van der Waals surface area (Å²) in [6.07, 6.45) is 3.41. The van der Waals surface area contributed by atoms with Crippen molar-refractivity contribution in [2.24, 2.45) is 0 Å². The van der Waals surface area contributed by atoms with E-state index in [0.29, 0.717) is 23.0 Å². The van der Waals surface area contributed by atoms with E-state index in [2.05, 4.69) is 22.5 Å². The van der Waals surface area contributed by atoms with Gasteiger partial charge in [-0.3, -0.25) is 0 Å². The molecule has 4 nitrogen and oxygen atoms in total. The molecule has 1 aromatic heterocycles. The zero-order chi connectivity index (χ0) is 24.8. The Morgan fingerprint density at radius 3 is 2.60 bits per heavy atom. The molecule has 2 aromatic carbocycles. The predicted molar refractivity (Wildman–Crippen MR) is 139 cm³/mol. The molecule has 1 aliphatic carbocycles. The second-order valence-corrected chi connectivity index (χ2v) is 9.55. The number of hydrogen-bond donors (Lipinski definition) is 2. The first-order valence-electron chi connectivity index (χ1n) is 11.8. The van der Waals surface area contributed by atoms with Crippen LogP contribution in [0.2, 0.25) is 0 Å². The second kappa shape index (κ2) is 11.2. The normalized spacial score (nSPS) is 14.4. The number of rotatable bonds is 7. The van der Waals surface area contributed by atoms with Gasteiger partial charge in [0.25, 0.3) is 0 Å². The number of fused-ring (bicyclic) bond motifs is 1. The number of aromatic nitrogens is 1. The molecule has 0 radical (unpaired) electrons. The van der Waals surface area contributed by atoms with E-state index in [1.807, 2.05) is 36.6 Å². The van der Waals surface area contributed by atoms with Crippen LogP contribution >= 0.6 is 11.8 Å². The lowest BCUT2D eigenvalue weighted by atomic mass is 9.95. The van der Waals surface area contributed by atoms with Gasteiger partial charge < -0.3 is 19.9 Å². The lowest BCUT2D eigenvalue weighted by Gasteiger charge is -2.24. The smallest absolute Gasteiger partial charge is 0.406 e. The molecule has 35 heavy (non-hydrogen) atoms. The van der Waals surface area contributed by atoms with Crippen LogP contribution in [0.5, 0.6) is 5.75 Å². The molecule has 186 valence electrons. The number of thioether (sulfide) groups is 1. The molecule has 0 saturated heterocycles. The highest BCUT2D eigenvalue weighted by Gasteiger charge is 2.30. The average molecular weight is 502 g/mol. The summed E-state index contributed by atoms with van der Waals surface area (Å²) in [4.78, 5) is 1.08. The Labute approximate surface area is 208 Å². The van der Waals surface area contributed by atoms with Crippen LogP contribution in [0, 0.1) is 11.8 Å². The van der Waals surface area contributed by atoms with E-state index >= 15 is 0 Å². The summed E-state index contributed by atoms with van der Waals surface area (Å²) < 4.78 is 47.0. The highest BCUT2D eigenvalue weighted by Crippen LogP contribution is 2.32. The molecule has 8 heteroatoms. The predicted octanol–water partition coefficient (Wildman–Crippen LogP) is 7.14. The van der Waals surface area contributed by atoms with Crippen LogP contribution in [0.15, 0.2) is 47.4 Å². The first-order valence-corrected chi connectivity index (χ1v) is 13.0. The van der Waals surface area contributed by atoms with Crippen molar-refractivity contribution in [1.29, 1.82) is 0 Å². The number of halogens is 3. The zero-order valence-corrected chi connectivity index (χ0v) is 20.8. The van der Waals surface area contributed by atoms with Gasteiger partial charge in [-0.2, -0.15) is 13.2 Å². The second-order valence-electron chi connectivity index (χ2n) is 8.67. The van der Waals surface area contributed by atoms with Crippen LogP contribution in [-0.2, 0) is 6.54 Å². The molecule has 1 heterocycles. The van der Waals surface area contributed by atoms with Gasteiger partial charge >= 0.3 is 6.18 Å². The number of benzene rings is 2. The van der Waals surface area contributed by atoms with E-state index in [1.54, 1.807) is 31.0 Å². The molecule has 0 amide bonds. The maximum Gasteiger partial charge on any atom is 0.406 e. The first kappa shape index (κ1) is 25.2. The molecule has 2 N–H and O–H groups in total. The Hall–Kier alpha value is -2.92. The molecule has 3 aromatic rings. The fraction of sp³-hybridized carbons (Fsp3) is 0.407. The van der Waals surface area contributed by atoms with Crippen molar-refractivity contribution >= 4 is 34.0 Å². The summed E-state index contributed by atoms with van der Waals surface area (Å²) >= 11 is 1.62. The van der Waals surface area contributed by atoms with Crippen molar-refractivity contribution in [3.8, 4) is 17.6 Å². The fourth-order valence-electron chi connectivity index (χ4n) is 4.55. The molecule has 1 saturated carbocycles. The van der Waals surface area contributed by atoms with Crippen LogP contribution in [-0.4, -0.2) is 36.7 Å². The number of methoxy groups -OCH3 is 1. The number of anilines is 2. The lowest BCUT2D eigenvalue weighted by molar-refractivity contribution is -0.140. The molecule has 4 rings (SSSR count). The van der Waals surface area contributed by atoms with Gasteiger partial charge in [0.05, 0.1) is 30.6 Å². The average Bonchev–Trinajstić information content (AvgIpc) is 3.19. The molecule has 1 aliphatic rings. The molecule has 0 spiro atoms. The minimum atomic E-state index is -4.35. The van der Waals surface area contributed by atoms with Crippen LogP contribution in [0.4, 0.5) is 24.5 Å². The summed E-state index contributed by atoms with van der Waals surface area (Å²) in [5.41, 5.74) is 2.54. The fourth-order valence-corrected chi connectivity index (χ4v) is 4.98. The largest absolute Gasteiger partial charge is 0.495 e. The van der Waals surface area contributed by atoms with Crippen molar-refractivity contribution < 1.29 is 17.9 Å². The zero-order valence-electron chi connectivity index (χ0n) is 20.0. The van der Waals surface area contributed by atoms with Crippen molar-refractivity contribution in [2.45, 2.75) is 55.8 Å². The third kappa shape index (κ3) is 6.40. The Balaban J connectivity index is 1.60. The summed E-state index contributed by atoms with van der Waals surface area (Å²) in [5.74, 6) is 6.65. The molecular weight excluding hydrogens is 471 g/mol. The van der Waals surface area contributed by atoms with Gasteiger partial charge in [-0.15, -0.1) is 11.8 Å². The molecule has 0 aliphatic heterocycles. The molecule has 0 bridgehead atoms. The SMILES string of the molecule is COc1cc(SC)ccc1NCC#Cc1cc2c(NC3CCCCC3)cccc2n1CC(F)(F)F. The Kier molecular flexibility index (Phi) is 8.07. The quantitative estimate of drug-likeness (QED) is 0.267. The number of nitrogens with zero attached hydrogens (tertiary/aromatic N) is 1. The van der Waals surface area contributed by atoms with Crippen LogP contribution in [0.25, 0.3) is 10.9 Å². The number of alkyl halides is 3. The standard InChI is InChI=1S/C27H30F3N3OS/c1-34-26-17-21(35-2)13-14-24(26)31-15-7-10-20-16-22-23(32-19-8-4-3-5-9-19)11-6-12-25(22)33(20)18-27(28,29)30/h6,11-14,16-17,19,31-32H,3-5,8-9,15,18H2,1-2H3. The van der Waals surface area contributed by atoms with Gasteiger partial charge in [0, 0.05) is 22.0 Å². The highest BCUT2D eigenvalue weighted by molar-refractivity contribution is 7.98. The van der Waals surface area contributed by atoms with Gasteiger partial charge in [0.15, 0.2) is 0 Å². The van der Waals surface area contributed by atoms with E-state index in [0.717, 1.165) is 34.5 Å². The van der Waals surface area contributed by atoms with E-state index in [1.165, 1.54) is 23.8 Å². The maximum absolute atomic E-state index is 13.4. The third-order valence-electron chi connectivity index (χ3n) is 6.24. The van der Waals surface area contributed by atoms with Crippen molar-refractivity contribution in [1.82, 2.24) is 4.57 Å². The Morgan fingerprint density at radius 2 is 1.89 bits per heavy atom. The first-order chi connectivity index (χ1) is 16.9. The lowest BCUT2D eigenvalue weighted by Crippen LogP contribution is -2.22. The summed E-state index contributed by atoms with van der Waals surface area (Å²) in [7, 11) is 1.60. The topological polar surface area (TPSA) is 38.2 Å². The minimum absolute atomic E-state index is 0.274. The van der Waals surface area contributed by atoms with Crippen LogP contribution in [0.1, 0.15) is 37.8 Å². The summed E-state index contributed by atoms with van der Waals surface area (Å²) in [6.45, 7) is -0.805. The molecule has 0 atom stereocenters. The van der Waals surface area contributed by atoms with E-state index < -0.39 is 12.7 Å². The summed E-state index contributed by atoms with van der Waals surface area (Å²) in [6, 6.07) is 13.4. The van der Waals surface area contributed by atoms with Gasteiger partial charge in [-0.25, -0.2) is 0 Å². The summed E-state index contributed by atoms with van der Waals surface area (Å²) in [5, 5.41) is 7.54. The van der Waals surface area contributed by atoms with Crippen molar-refractivity contribution in [2.75, 3.05) is 30.5 Å². The van der Waals surface area contributed by atoms with E-state index in [4.69, 9.17) is 4.74 Å². The number of ether oxygens (including phenoxy) is 1. The monoisotopic (exact) mass is 501 g/mol. The Bertz CT molecular complexity index is 1220. The van der Waals surface area contributed by atoms with Gasteiger partial charge in [-0.1, -0.05) is 31.2 Å². The van der Waals surface area contributed by atoms with E-state index in [-0.39, 0.29) is 6.54 Å². The van der Waals surface area contributed by atoms with Crippen LogP contribution < -0.4 is 15.4 Å². The Morgan fingerprint density at radius 1 is 1.09 bits per heavy atom. The minimum Gasteiger partial charge on any atom is -0.495 e. The molecule has 0 unspecified atom stereocenters. The van der Waals surface area contributed by atoms with Gasteiger partial charge in [0.2, 0.25) is 0 Å². The van der Waals surface area contributed by atoms with Crippen LogP contribution in [0.3, 0.4) is 0 Å². The van der Waals surface area contributed by atoms with E-state index in [9.17, 15) is 13.2 Å².